The Labute approximate surface area is 97.7 Å². The minimum Gasteiger partial charge on any atom is -0.313 e. The van der Waals surface area contributed by atoms with Crippen LogP contribution in [0, 0.1) is 11.3 Å². The van der Waals surface area contributed by atoms with E-state index in [1.807, 2.05) is 6.07 Å². The van der Waals surface area contributed by atoms with Crippen molar-refractivity contribution in [2.24, 2.45) is 0 Å². The van der Waals surface area contributed by atoms with Crippen molar-refractivity contribution in [2.75, 3.05) is 6.54 Å². The standard InChI is InChI=1S/C12H16N2.ClH/c1-11(14-9-5-8-13)10-12-6-3-2-4-7-12;/h2-4,6-7,11,14H,5,9-10H2,1H3;1H/t11-;/m1./s1. The fourth-order valence-electron chi connectivity index (χ4n) is 1.41. The van der Waals surface area contributed by atoms with E-state index < -0.39 is 0 Å². The predicted octanol–water partition coefficient (Wildman–Crippen LogP) is 2.54. The van der Waals surface area contributed by atoms with E-state index in [4.69, 9.17) is 5.26 Å². The highest BCUT2D eigenvalue weighted by Gasteiger charge is 2.01. The maximum absolute atomic E-state index is 8.38. The average molecular weight is 225 g/mol. The van der Waals surface area contributed by atoms with E-state index in [-0.39, 0.29) is 12.4 Å². The van der Waals surface area contributed by atoms with Gasteiger partial charge in [-0.2, -0.15) is 5.26 Å². The van der Waals surface area contributed by atoms with E-state index in [0.717, 1.165) is 13.0 Å². The Morgan fingerprint density at radius 3 is 2.60 bits per heavy atom. The summed E-state index contributed by atoms with van der Waals surface area (Å²) in [5.74, 6) is 0. The van der Waals surface area contributed by atoms with Crippen molar-refractivity contribution in [1.82, 2.24) is 5.32 Å². The molecular formula is C12H17ClN2. The van der Waals surface area contributed by atoms with Crippen LogP contribution in [0.25, 0.3) is 0 Å². The summed E-state index contributed by atoms with van der Waals surface area (Å²) in [5, 5.41) is 11.7. The van der Waals surface area contributed by atoms with Gasteiger partial charge in [-0.25, -0.2) is 0 Å². The van der Waals surface area contributed by atoms with Crippen LogP contribution >= 0.6 is 12.4 Å². The van der Waals surface area contributed by atoms with E-state index in [1.54, 1.807) is 0 Å². The second-order valence-electron chi connectivity index (χ2n) is 3.45. The summed E-state index contributed by atoms with van der Waals surface area (Å²) in [4.78, 5) is 0. The molecule has 0 aliphatic rings. The topological polar surface area (TPSA) is 35.8 Å². The highest BCUT2D eigenvalue weighted by molar-refractivity contribution is 5.85. The van der Waals surface area contributed by atoms with Gasteiger partial charge in [0.05, 0.1) is 6.07 Å². The molecule has 0 saturated carbocycles. The number of hydrogen-bond donors (Lipinski definition) is 1. The molecule has 0 spiro atoms. The zero-order valence-corrected chi connectivity index (χ0v) is 9.76. The van der Waals surface area contributed by atoms with Gasteiger partial charge >= 0.3 is 0 Å². The summed E-state index contributed by atoms with van der Waals surface area (Å²) < 4.78 is 0. The molecule has 0 aliphatic heterocycles. The Morgan fingerprint density at radius 1 is 1.33 bits per heavy atom. The van der Waals surface area contributed by atoms with Gasteiger partial charge in [-0.15, -0.1) is 12.4 Å². The van der Waals surface area contributed by atoms with E-state index in [2.05, 4.69) is 42.6 Å². The number of nitrogens with zero attached hydrogens (tertiary/aromatic N) is 1. The van der Waals surface area contributed by atoms with Crippen molar-refractivity contribution < 1.29 is 0 Å². The molecule has 82 valence electrons. The van der Waals surface area contributed by atoms with Gasteiger partial charge in [0.1, 0.15) is 0 Å². The number of hydrogen-bond acceptors (Lipinski definition) is 2. The van der Waals surface area contributed by atoms with Crippen molar-refractivity contribution in [3.8, 4) is 6.07 Å². The molecule has 3 heteroatoms. The predicted molar refractivity (Wildman–Crippen MR) is 65.1 cm³/mol. The van der Waals surface area contributed by atoms with E-state index in [9.17, 15) is 0 Å². The largest absolute Gasteiger partial charge is 0.313 e. The smallest absolute Gasteiger partial charge is 0.0635 e. The first-order chi connectivity index (χ1) is 6.83. The number of nitrogens with one attached hydrogen (secondary N) is 1. The van der Waals surface area contributed by atoms with Crippen molar-refractivity contribution in [2.45, 2.75) is 25.8 Å². The minimum absolute atomic E-state index is 0. The lowest BCUT2D eigenvalue weighted by Gasteiger charge is -2.12. The van der Waals surface area contributed by atoms with Crippen LogP contribution in [0.1, 0.15) is 18.9 Å². The van der Waals surface area contributed by atoms with E-state index >= 15 is 0 Å². The van der Waals surface area contributed by atoms with Crippen LogP contribution in [-0.4, -0.2) is 12.6 Å². The highest BCUT2D eigenvalue weighted by Crippen LogP contribution is 2.02. The third kappa shape index (κ3) is 6.11. The maximum atomic E-state index is 8.38. The molecule has 0 fully saturated rings. The molecule has 15 heavy (non-hydrogen) atoms. The lowest BCUT2D eigenvalue weighted by molar-refractivity contribution is 0.553. The summed E-state index contributed by atoms with van der Waals surface area (Å²) in [6.45, 7) is 2.93. The van der Waals surface area contributed by atoms with Crippen LogP contribution < -0.4 is 5.32 Å². The third-order valence-corrected chi connectivity index (χ3v) is 2.11. The van der Waals surface area contributed by atoms with Crippen LogP contribution in [0.3, 0.4) is 0 Å². The number of nitriles is 1. The van der Waals surface area contributed by atoms with Crippen molar-refractivity contribution in [3.63, 3.8) is 0 Å². The zero-order chi connectivity index (χ0) is 10.2. The number of benzene rings is 1. The molecule has 1 atom stereocenters. The molecule has 1 N–H and O–H groups in total. The Bertz CT molecular complexity index is 292. The van der Waals surface area contributed by atoms with Gasteiger partial charge in [0.2, 0.25) is 0 Å². The molecule has 0 saturated heterocycles. The van der Waals surface area contributed by atoms with Crippen LogP contribution in [0.15, 0.2) is 30.3 Å². The Hall–Kier alpha value is -1.04. The molecule has 1 rings (SSSR count). The summed E-state index contributed by atoms with van der Waals surface area (Å²) in [5.41, 5.74) is 1.34. The Kier molecular flexibility index (Phi) is 7.71. The molecule has 1 aromatic rings. The van der Waals surface area contributed by atoms with Crippen LogP contribution in [0.2, 0.25) is 0 Å². The van der Waals surface area contributed by atoms with Gasteiger partial charge in [-0.3, -0.25) is 0 Å². The van der Waals surface area contributed by atoms with Gasteiger partial charge < -0.3 is 5.32 Å². The number of halogens is 1. The molecule has 0 amide bonds. The summed E-state index contributed by atoms with van der Waals surface area (Å²) in [6.07, 6.45) is 1.60. The van der Waals surface area contributed by atoms with E-state index in [1.165, 1.54) is 5.56 Å². The normalized spacial score (nSPS) is 11.2. The van der Waals surface area contributed by atoms with Gasteiger partial charge in [0.15, 0.2) is 0 Å². The summed E-state index contributed by atoms with van der Waals surface area (Å²) >= 11 is 0. The average Bonchev–Trinajstić information content (AvgIpc) is 2.20. The van der Waals surface area contributed by atoms with Crippen molar-refractivity contribution >= 4 is 12.4 Å². The monoisotopic (exact) mass is 224 g/mol. The quantitative estimate of drug-likeness (QED) is 0.781. The first-order valence-electron chi connectivity index (χ1n) is 4.97. The van der Waals surface area contributed by atoms with E-state index in [0.29, 0.717) is 12.5 Å². The fraction of sp³-hybridized carbons (Fsp3) is 0.417. The summed E-state index contributed by atoms with van der Waals surface area (Å²) in [6, 6.07) is 12.9. The van der Waals surface area contributed by atoms with Gasteiger partial charge in [-0.1, -0.05) is 30.3 Å². The van der Waals surface area contributed by atoms with Crippen LogP contribution in [0.5, 0.6) is 0 Å². The molecule has 1 aromatic carbocycles. The molecule has 0 unspecified atom stereocenters. The second-order valence-corrected chi connectivity index (χ2v) is 3.45. The highest BCUT2D eigenvalue weighted by atomic mass is 35.5. The third-order valence-electron chi connectivity index (χ3n) is 2.11. The Balaban J connectivity index is 0.00000196. The van der Waals surface area contributed by atoms with Crippen molar-refractivity contribution in [1.29, 1.82) is 5.26 Å². The molecular weight excluding hydrogens is 208 g/mol. The molecule has 0 aliphatic carbocycles. The lowest BCUT2D eigenvalue weighted by Crippen LogP contribution is -2.28. The van der Waals surface area contributed by atoms with Crippen LogP contribution in [-0.2, 0) is 6.42 Å². The van der Waals surface area contributed by atoms with Gasteiger partial charge in [0, 0.05) is 19.0 Å². The molecule has 0 aromatic heterocycles. The first-order valence-corrected chi connectivity index (χ1v) is 4.97. The zero-order valence-electron chi connectivity index (χ0n) is 8.94. The lowest BCUT2D eigenvalue weighted by atomic mass is 10.1. The Morgan fingerprint density at radius 2 is 2.00 bits per heavy atom. The minimum atomic E-state index is 0. The van der Waals surface area contributed by atoms with Crippen molar-refractivity contribution in [3.05, 3.63) is 35.9 Å². The van der Waals surface area contributed by atoms with Gasteiger partial charge in [0.25, 0.3) is 0 Å². The summed E-state index contributed by atoms with van der Waals surface area (Å²) in [7, 11) is 0. The first kappa shape index (κ1) is 14.0. The van der Waals surface area contributed by atoms with Crippen LogP contribution in [0.4, 0.5) is 0 Å². The number of rotatable bonds is 5. The SMILES string of the molecule is C[C@H](Cc1ccccc1)NCCC#N.Cl. The molecule has 0 bridgehead atoms. The van der Waals surface area contributed by atoms with Gasteiger partial charge in [-0.05, 0) is 18.9 Å². The fourth-order valence-corrected chi connectivity index (χ4v) is 1.41. The molecule has 0 radical (unpaired) electrons. The molecule has 2 nitrogen and oxygen atoms in total. The second kappa shape index (κ2) is 8.28. The molecule has 0 heterocycles. The maximum Gasteiger partial charge on any atom is 0.0635 e.